The summed E-state index contributed by atoms with van der Waals surface area (Å²) in [6, 6.07) is 8.12. The number of aromatic nitrogens is 2. The second-order valence-corrected chi connectivity index (χ2v) is 6.58. The molecule has 0 fully saturated rings. The first-order valence-corrected chi connectivity index (χ1v) is 9.31. The van der Waals surface area contributed by atoms with Gasteiger partial charge in [0.1, 0.15) is 23.1 Å². The number of furan rings is 1. The molecule has 1 amide bonds. The number of carbonyl (C=O) groups is 2. The zero-order valence-corrected chi connectivity index (χ0v) is 17.1. The lowest BCUT2D eigenvalue weighted by Crippen LogP contribution is -2.14. The molecule has 3 rings (SSSR count). The van der Waals surface area contributed by atoms with Crippen LogP contribution in [0.15, 0.2) is 40.9 Å². The zero-order valence-electron chi connectivity index (χ0n) is 15.6. The predicted octanol–water partition coefficient (Wildman–Crippen LogP) is 4.42. The molecule has 1 N–H and O–H groups in total. The molecule has 2 aromatic heterocycles. The van der Waals surface area contributed by atoms with Crippen molar-refractivity contribution in [3.8, 4) is 5.75 Å². The predicted molar refractivity (Wildman–Crippen MR) is 107 cm³/mol. The van der Waals surface area contributed by atoms with Crippen LogP contribution in [0.25, 0.3) is 0 Å². The molecule has 0 aliphatic carbocycles. The third kappa shape index (κ3) is 4.72. The van der Waals surface area contributed by atoms with Gasteiger partial charge in [-0.1, -0.05) is 29.3 Å². The van der Waals surface area contributed by atoms with E-state index in [1.165, 1.54) is 24.1 Å². The number of halogens is 2. The van der Waals surface area contributed by atoms with E-state index >= 15 is 0 Å². The van der Waals surface area contributed by atoms with Gasteiger partial charge in [0.2, 0.25) is 0 Å². The highest BCUT2D eigenvalue weighted by Gasteiger charge is 2.21. The molecular formula is C19H17Cl2N3O5. The molecule has 0 bridgehead atoms. The molecule has 0 radical (unpaired) electrons. The summed E-state index contributed by atoms with van der Waals surface area (Å²) in [5.41, 5.74) is 0.233. The Morgan fingerprint density at radius 3 is 2.76 bits per heavy atom. The summed E-state index contributed by atoms with van der Waals surface area (Å²) in [5, 5.41) is 7.35. The van der Waals surface area contributed by atoms with Gasteiger partial charge in [-0.3, -0.25) is 9.48 Å². The van der Waals surface area contributed by atoms with Crippen LogP contribution in [0.1, 0.15) is 33.7 Å². The summed E-state index contributed by atoms with van der Waals surface area (Å²) in [4.78, 5) is 24.3. The Labute approximate surface area is 176 Å². The van der Waals surface area contributed by atoms with Crippen molar-refractivity contribution in [2.24, 2.45) is 0 Å². The van der Waals surface area contributed by atoms with Gasteiger partial charge in [-0.15, -0.1) is 0 Å². The van der Waals surface area contributed by atoms with Crippen molar-refractivity contribution in [3.63, 3.8) is 0 Å². The van der Waals surface area contributed by atoms with Crippen molar-refractivity contribution in [1.29, 1.82) is 0 Å². The maximum Gasteiger partial charge on any atom is 0.360 e. The van der Waals surface area contributed by atoms with Crippen LogP contribution in [0.2, 0.25) is 10.0 Å². The highest BCUT2D eigenvalue weighted by molar-refractivity contribution is 6.42. The Kier molecular flexibility index (Phi) is 6.46. The van der Waals surface area contributed by atoms with Crippen LogP contribution >= 0.6 is 23.2 Å². The molecule has 8 nitrogen and oxygen atoms in total. The molecule has 0 unspecified atom stereocenters. The van der Waals surface area contributed by atoms with Gasteiger partial charge in [-0.25, -0.2) is 4.79 Å². The van der Waals surface area contributed by atoms with E-state index in [2.05, 4.69) is 10.4 Å². The van der Waals surface area contributed by atoms with Crippen LogP contribution in [-0.2, 0) is 17.9 Å². The fraction of sp³-hybridized carbons (Fsp3) is 0.211. The summed E-state index contributed by atoms with van der Waals surface area (Å²) >= 11 is 12.0. The van der Waals surface area contributed by atoms with E-state index in [9.17, 15) is 9.59 Å². The van der Waals surface area contributed by atoms with Gasteiger partial charge in [0.15, 0.2) is 11.5 Å². The average molecular weight is 438 g/mol. The standard InChI is InChI=1S/C19H17Cl2N3O5/c1-3-24-9-13(17(23-24)19(26)27-2)22-18(25)15-8-7-11(29-15)10-28-14-6-4-5-12(20)16(14)21/h4-9H,3,10H2,1-2H3,(H,22,25). The quantitative estimate of drug-likeness (QED) is 0.549. The van der Waals surface area contributed by atoms with Crippen LogP contribution in [0.5, 0.6) is 5.75 Å². The third-order valence-corrected chi connectivity index (χ3v) is 4.69. The number of carbonyl (C=O) groups excluding carboxylic acids is 2. The van der Waals surface area contributed by atoms with E-state index in [4.69, 9.17) is 37.1 Å². The van der Waals surface area contributed by atoms with Crippen molar-refractivity contribution in [3.05, 3.63) is 63.8 Å². The minimum Gasteiger partial charge on any atom is -0.484 e. The molecule has 2 heterocycles. The Bertz CT molecular complexity index is 1040. The third-order valence-electron chi connectivity index (χ3n) is 3.88. The summed E-state index contributed by atoms with van der Waals surface area (Å²) in [7, 11) is 1.24. The maximum atomic E-state index is 12.5. The van der Waals surface area contributed by atoms with E-state index in [0.29, 0.717) is 28.1 Å². The second kappa shape index (κ2) is 9.02. The van der Waals surface area contributed by atoms with Crippen LogP contribution in [-0.4, -0.2) is 28.8 Å². The highest BCUT2D eigenvalue weighted by Crippen LogP contribution is 2.32. The molecule has 0 aliphatic heterocycles. The number of anilines is 1. The number of nitrogens with zero attached hydrogens (tertiary/aromatic N) is 2. The number of amides is 1. The Balaban J connectivity index is 1.69. The minimum absolute atomic E-state index is 0.00779. The number of aryl methyl sites for hydroxylation is 1. The number of nitrogens with one attached hydrogen (secondary N) is 1. The summed E-state index contributed by atoms with van der Waals surface area (Å²) in [5.74, 6) is -0.349. The SMILES string of the molecule is CCn1cc(NC(=O)c2ccc(COc3cccc(Cl)c3Cl)o2)c(C(=O)OC)n1. The lowest BCUT2D eigenvalue weighted by Gasteiger charge is -2.07. The van der Waals surface area contributed by atoms with Crippen molar-refractivity contribution in [2.75, 3.05) is 12.4 Å². The molecule has 0 spiro atoms. The zero-order chi connectivity index (χ0) is 21.0. The van der Waals surface area contributed by atoms with Gasteiger partial charge in [-0.05, 0) is 31.2 Å². The fourth-order valence-corrected chi connectivity index (χ4v) is 2.77. The fourth-order valence-electron chi connectivity index (χ4n) is 2.43. The molecule has 0 saturated carbocycles. The van der Waals surface area contributed by atoms with Gasteiger partial charge in [0.05, 0.1) is 17.8 Å². The van der Waals surface area contributed by atoms with Gasteiger partial charge in [0, 0.05) is 12.7 Å². The first-order valence-electron chi connectivity index (χ1n) is 8.55. The van der Waals surface area contributed by atoms with Crippen molar-refractivity contribution in [1.82, 2.24) is 9.78 Å². The molecule has 29 heavy (non-hydrogen) atoms. The van der Waals surface area contributed by atoms with E-state index in [1.807, 2.05) is 6.92 Å². The van der Waals surface area contributed by atoms with E-state index in [-0.39, 0.29) is 23.7 Å². The molecule has 1 aromatic carbocycles. The minimum atomic E-state index is -0.653. The topological polar surface area (TPSA) is 95.6 Å². The number of benzene rings is 1. The van der Waals surface area contributed by atoms with Crippen LogP contribution < -0.4 is 10.1 Å². The van der Waals surface area contributed by atoms with Gasteiger partial charge < -0.3 is 19.2 Å². The van der Waals surface area contributed by atoms with Crippen LogP contribution in [0.3, 0.4) is 0 Å². The van der Waals surface area contributed by atoms with Crippen LogP contribution in [0, 0.1) is 0 Å². The average Bonchev–Trinajstić information content (AvgIpc) is 3.35. The van der Waals surface area contributed by atoms with Gasteiger partial charge in [-0.2, -0.15) is 5.10 Å². The number of ether oxygens (including phenoxy) is 2. The molecule has 3 aromatic rings. The lowest BCUT2D eigenvalue weighted by atomic mass is 10.3. The largest absolute Gasteiger partial charge is 0.484 e. The van der Waals surface area contributed by atoms with Gasteiger partial charge in [0.25, 0.3) is 5.91 Å². The number of hydrogen-bond donors (Lipinski definition) is 1. The van der Waals surface area contributed by atoms with Crippen LogP contribution in [0.4, 0.5) is 5.69 Å². The normalized spacial score (nSPS) is 10.6. The Morgan fingerprint density at radius 1 is 1.24 bits per heavy atom. The smallest absolute Gasteiger partial charge is 0.360 e. The number of hydrogen-bond acceptors (Lipinski definition) is 6. The molecule has 0 saturated heterocycles. The molecular weight excluding hydrogens is 421 g/mol. The monoisotopic (exact) mass is 437 g/mol. The summed E-state index contributed by atoms with van der Waals surface area (Å²) in [6.07, 6.45) is 1.54. The van der Waals surface area contributed by atoms with E-state index < -0.39 is 11.9 Å². The Morgan fingerprint density at radius 2 is 2.03 bits per heavy atom. The highest BCUT2D eigenvalue weighted by atomic mass is 35.5. The molecule has 0 atom stereocenters. The Hall–Kier alpha value is -2.97. The maximum absolute atomic E-state index is 12.5. The lowest BCUT2D eigenvalue weighted by molar-refractivity contribution is 0.0594. The summed E-state index contributed by atoms with van der Waals surface area (Å²) in [6.45, 7) is 2.42. The molecule has 10 heteroatoms. The van der Waals surface area contributed by atoms with Crippen molar-refractivity contribution < 1.29 is 23.5 Å². The van der Waals surface area contributed by atoms with Crippen molar-refractivity contribution >= 4 is 40.8 Å². The summed E-state index contributed by atoms with van der Waals surface area (Å²) < 4.78 is 17.3. The van der Waals surface area contributed by atoms with E-state index in [0.717, 1.165) is 0 Å². The first kappa shape index (κ1) is 20.8. The number of rotatable bonds is 7. The second-order valence-electron chi connectivity index (χ2n) is 5.80. The molecule has 0 aliphatic rings. The van der Waals surface area contributed by atoms with Crippen molar-refractivity contribution in [2.45, 2.75) is 20.1 Å². The van der Waals surface area contributed by atoms with E-state index in [1.54, 1.807) is 24.3 Å². The number of esters is 1. The van der Waals surface area contributed by atoms with Gasteiger partial charge >= 0.3 is 5.97 Å². The first-order chi connectivity index (χ1) is 13.9. The molecule has 152 valence electrons. The number of methoxy groups -OCH3 is 1.